The van der Waals surface area contributed by atoms with Gasteiger partial charge in [0.25, 0.3) is 11.8 Å². The second-order valence-corrected chi connectivity index (χ2v) is 7.46. The summed E-state index contributed by atoms with van der Waals surface area (Å²) in [6, 6.07) is 22.0. The number of hydrogen-bond donors (Lipinski definition) is 2. The molecule has 3 aromatic carbocycles. The van der Waals surface area contributed by atoms with Crippen molar-refractivity contribution in [2.75, 3.05) is 24.4 Å². The number of nitrogens with one attached hydrogen (secondary N) is 2. The van der Waals surface area contributed by atoms with Crippen molar-refractivity contribution >= 4 is 35.2 Å². The van der Waals surface area contributed by atoms with E-state index in [-0.39, 0.29) is 18.1 Å². The summed E-state index contributed by atoms with van der Waals surface area (Å²) in [4.78, 5) is 36.0. The Morgan fingerprint density at radius 2 is 1.49 bits per heavy atom. The molecule has 0 bridgehead atoms. The molecule has 0 aliphatic heterocycles. The van der Waals surface area contributed by atoms with Gasteiger partial charge in [-0.25, -0.2) is 4.79 Å². The van der Waals surface area contributed by atoms with Crippen molar-refractivity contribution in [1.29, 1.82) is 5.26 Å². The zero-order chi connectivity index (χ0) is 25.2. The number of carbonyl (C=O) groups is 3. The minimum absolute atomic E-state index is 0.104. The van der Waals surface area contributed by atoms with Gasteiger partial charge >= 0.3 is 5.97 Å². The number of hydrogen-bond acceptors (Lipinski definition) is 6. The predicted octanol–water partition coefficient (Wildman–Crippen LogP) is 4.34. The Kier molecular flexibility index (Phi) is 8.35. The molecule has 0 aromatic heterocycles. The molecule has 0 aliphatic rings. The standard InChI is InChI=1S/C27H23N3O5/c1-18-3-9-22(10-4-18)29-25(31)17-35-24-13-5-19(6-14-24)15-21(16-28)26(32)30-23-11-7-20(8-12-23)27(33)34-2/h3-15H,17H2,1-2H3,(H,29,31)(H,30,32)/b21-15+. The lowest BCUT2D eigenvalue weighted by molar-refractivity contribution is -0.118. The first-order valence-electron chi connectivity index (χ1n) is 10.6. The lowest BCUT2D eigenvalue weighted by Gasteiger charge is -2.08. The zero-order valence-electron chi connectivity index (χ0n) is 19.2. The third-order valence-electron chi connectivity index (χ3n) is 4.83. The van der Waals surface area contributed by atoms with Gasteiger partial charge < -0.3 is 20.1 Å². The maximum atomic E-state index is 12.5. The van der Waals surface area contributed by atoms with Crippen LogP contribution >= 0.6 is 0 Å². The predicted molar refractivity (Wildman–Crippen MR) is 132 cm³/mol. The van der Waals surface area contributed by atoms with Gasteiger partial charge in [0.1, 0.15) is 17.4 Å². The van der Waals surface area contributed by atoms with Crippen molar-refractivity contribution in [3.8, 4) is 11.8 Å². The van der Waals surface area contributed by atoms with Crippen LogP contribution in [0.2, 0.25) is 0 Å². The molecule has 0 saturated carbocycles. The molecule has 0 fully saturated rings. The number of anilines is 2. The van der Waals surface area contributed by atoms with Crippen molar-refractivity contribution in [2.45, 2.75) is 6.92 Å². The van der Waals surface area contributed by atoms with Crippen LogP contribution in [0.15, 0.2) is 78.4 Å². The maximum absolute atomic E-state index is 12.5. The Morgan fingerprint density at radius 1 is 0.886 bits per heavy atom. The van der Waals surface area contributed by atoms with Gasteiger partial charge in [-0.3, -0.25) is 9.59 Å². The summed E-state index contributed by atoms with van der Waals surface area (Å²) in [6.45, 7) is 1.80. The minimum atomic E-state index is -0.591. The van der Waals surface area contributed by atoms with Crippen LogP contribution in [0, 0.1) is 18.3 Å². The Morgan fingerprint density at radius 3 is 2.09 bits per heavy atom. The molecule has 0 spiro atoms. The van der Waals surface area contributed by atoms with Crippen molar-refractivity contribution in [1.82, 2.24) is 0 Å². The molecule has 35 heavy (non-hydrogen) atoms. The molecule has 3 rings (SSSR count). The Labute approximate surface area is 202 Å². The van der Waals surface area contributed by atoms with Crippen LogP contribution in [0.1, 0.15) is 21.5 Å². The highest BCUT2D eigenvalue weighted by molar-refractivity contribution is 6.09. The first-order valence-corrected chi connectivity index (χ1v) is 10.6. The molecule has 3 aromatic rings. The van der Waals surface area contributed by atoms with Crippen LogP contribution < -0.4 is 15.4 Å². The molecule has 8 heteroatoms. The monoisotopic (exact) mass is 469 g/mol. The highest BCUT2D eigenvalue weighted by Gasteiger charge is 2.11. The van der Waals surface area contributed by atoms with E-state index in [1.165, 1.54) is 25.3 Å². The SMILES string of the molecule is COC(=O)c1ccc(NC(=O)/C(C#N)=C/c2ccc(OCC(=O)Nc3ccc(C)cc3)cc2)cc1. The van der Waals surface area contributed by atoms with E-state index in [9.17, 15) is 19.6 Å². The molecule has 0 radical (unpaired) electrons. The molecular formula is C27H23N3O5. The zero-order valence-corrected chi connectivity index (χ0v) is 19.2. The summed E-state index contributed by atoms with van der Waals surface area (Å²) in [7, 11) is 1.28. The van der Waals surface area contributed by atoms with Gasteiger partial charge in [0.05, 0.1) is 12.7 Å². The van der Waals surface area contributed by atoms with E-state index in [0.717, 1.165) is 5.56 Å². The molecule has 176 valence electrons. The molecule has 0 saturated heterocycles. The summed E-state index contributed by atoms with van der Waals surface area (Å²) < 4.78 is 10.1. The lowest BCUT2D eigenvalue weighted by Crippen LogP contribution is -2.20. The van der Waals surface area contributed by atoms with E-state index in [2.05, 4.69) is 15.4 Å². The smallest absolute Gasteiger partial charge is 0.337 e. The quantitative estimate of drug-likeness (QED) is 0.288. The third kappa shape index (κ3) is 7.30. The molecule has 0 unspecified atom stereocenters. The van der Waals surface area contributed by atoms with Gasteiger partial charge in [-0.15, -0.1) is 0 Å². The van der Waals surface area contributed by atoms with Crippen LogP contribution in [0.5, 0.6) is 5.75 Å². The number of methoxy groups -OCH3 is 1. The number of aryl methyl sites for hydroxylation is 1. The molecule has 0 heterocycles. The van der Waals surface area contributed by atoms with Gasteiger partial charge in [0, 0.05) is 11.4 Å². The van der Waals surface area contributed by atoms with Crippen LogP contribution in [-0.4, -0.2) is 31.5 Å². The molecule has 2 amide bonds. The largest absolute Gasteiger partial charge is 0.484 e. The summed E-state index contributed by atoms with van der Waals surface area (Å²) in [6.07, 6.45) is 1.44. The minimum Gasteiger partial charge on any atom is -0.484 e. The number of ether oxygens (including phenoxy) is 2. The van der Waals surface area contributed by atoms with E-state index in [1.807, 2.05) is 37.3 Å². The number of benzene rings is 3. The van der Waals surface area contributed by atoms with Crippen LogP contribution in [0.25, 0.3) is 6.08 Å². The van der Waals surface area contributed by atoms with Crippen molar-refractivity contribution in [2.24, 2.45) is 0 Å². The van der Waals surface area contributed by atoms with E-state index in [4.69, 9.17) is 4.74 Å². The topological polar surface area (TPSA) is 118 Å². The van der Waals surface area contributed by atoms with Gasteiger partial charge in [0.15, 0.2) is 6.61 Å². The number of carbonyl (C=O) groups excluding carboxylic acids is 3. The highest BCUT2D eigenvalue weighted by Crippen LogP contribution is 2.17. The van der Waals surface area contributed by atoms with Crippen LogP contribution in [-0.2, 0) is 14.3 Å². The summed E-state index contributed by atoms with van der Waals surface area (Å²) in [5.74, 6) is -0.901. The second kappa shape index (κ2) is 11.8. The van der Waals surface area contributed by atoms with E-state index in [1.54, 1.807) is 36.4 Å². The maximum Gasteiger partial charge on any atom is 0.337 e. The molecule has 2 N–H and O–H groups in total. The Balaban J connectivity index is 1.56. The first-order chi connectivity index (χ1) is 16.9. The summed E-state index contributed by atoms with van der Waals surface area (Å²) in [5, 5.41) is 14.8. The van der Waals surface area contributed by atoms with Crippen molar-refractivity contribution in [3.05, 3.63) is 95.1 Å². The molecule has 0 atom stereocenters. The van der Waals surface area contributed by atoms with E-state index >= 15 is 0 Å². The number of nitrogens with zero attached hydrogens (tertiary/aromatic N) is 1. The van der Waals surface area contributed by atoms with Crippen LogP contribution in [0.3, 0.4) is 0 Å². The van der Waals surface area contributed by atoms with Gasteiger partial charge in [-0.1, -0.05) is 29.8 Å². The van der Waals surface area contributed by atoms with Gasteiger partial charge in [-0.05, 0) is 67.1 Å². The Hall–Kier alpha value is -4.90. The fourth-order valence-electron chi connectivity index (χ4n) is 2.96. The molecular weight excluding hydrogens is 446 g/mol. The molecule has 0 aliphatic carbocycles. The number of esters is 1. The fraction of sp³-hybridized carbons (Fsp3) is 0.111. The number of rotatable bonds is 8. The molecule has 8 nitrogen and oxygen atoms in total. The number of nitriles is 1. The van der Waals surface area contributed by atoms with E-state index < -0.39 is 11.9 Å². The van der Waals surface area contributed by atoms with Gasteiger partial charge in [0.2, 0.25) is 0 Å². The summed E-state index contributed by atoms with van der Waals surface area (Å²) in [5.41, 5.74) is 3.06. The average molecular weight is 469 g/mol. The second-order valence-electron chi connectivity index (χ2n) is 7.46. The third-order valence-corrected chi connectivity index (χ3v) is 4.83. The van der Waals surface area contributed by atoms with Crippen molar-refractivity contribution < 1.29 is 23.9 Å². The van der Waals surface area contributed by atoms with Crippen molar-refractivity contribution in [3.63, 3.8) is 0 Å². The summed E-state index contributed by atoms with van der Waals surface area (Å²) >= 11 is 0. The van der Waals surface area contributed by atoms with Crippen LogP contribution in [0.4, 0.5) is 11.4 Å². The Bertz CT molecular complexity index is 1270. The van der Waals surface area contributed by atoms with Gasteiger partial charge in [-0.2, -0.15) is 5.26 Å². The first kappa shape index (κ1) is 24.7. The highest BCUT2D eigenvalue weighted by atomic mass is 16.5. The fourth-order valence-corrected chi connectivity index (χ4v) is 2.96. The van der Waals surface area contributed by atoms with E-state index in [0.29, 0.717) is 28.3 Å². The number of amides is 2. The normalized spacial score (nSPS) is 10.6. The average Bonchev–Trinajstić information content (AvgIpc) is 2.88. The lowest BCUT2D eigenvalue weighted by atomic mass is 10.1.